The second kappa shape index (κ2) is 5.82. The van der Waals surface area contributed by atoms with Crippen LogP contribution in [0.15, 0.2) is 18.2 Å². The summed E-state index contributed by atoms with van der Waals surface area (Å²) < 4.78 is 13.0. The molecule has 1 rings (SSSR count). The van der Waals surface area contributed by atoms with Crippen LogP contribution in [0.5, 0.6) is 0 Å². The van der Waals surface area contributed by atoms with Crippen molar-refractivity contribution in [3.63, 3.8) is 0 Å². The van der Waals surface area contributed by atoms with Gasteiger partial charge in [0.1, 0.15) is 5.82 Å². The van der Waals surface area contributed by atoms with Crippen LogP contribution in [0.1, 0.15) is 30.6 Å². The lowest BCUT2D eigenvalue weighted by Gasteiger charge is -2.23. The Morgan fingerprint density at radius 2 is 2.17 bits per heavy atom. The summed E-state index contributed by atoms with van der Waals surface area (Å²) in [7, 11) is 0. The van der Waals surface area contributed by atoms with Gasteiger partial charge >= 0.3 is 0 Å². The number of amides is 1. The summed E-state index contributed by atoms with van der Waals surface area (Å²) in [6.07, 6.45) is 0.596. The molecule has 0 unspecified atom stereocenters. The molecular formula is C13H19FN2O2. The fourth-order valence-electron chi connectivity index (χ4n) is 1.50. The zero-order chi connectivity index (χ0) is 13.8. The monoisotopic (exact) mass is 254 g/mol. The van der Waals surface area contributed by atoms with Crippen LogP contribution in [0.25, 0.3) is 0 Å². The molecule has 0 aromatic heterocycles. The van der Waals surface area contributed by atoms with Gasteiger partial charge in [-0.1, -0.05) is 13.8 Å². The lowest BCUT2D eigenvalue weighted by atomic mass is 9.89. The highest BCUT2D eigenvalue weighted by Gasteiger charge is 2.18. The molecule has 18 heavy (non-hydrogen) atoms. The van der Waals surface area contributed by atoms with Crippen LogP contribution < -0.4 is 11.1 Å². The number of benzene rings is 1. The number of aliphatic hydroxyl groups excluding tert-OH is 1. The third-order valence-electron chi connectivity index (χ3n) is 2.77. The van der Waals surface area contributed by atoms with Crippen molar-refractivity contribution in [3.05, 3.63) is 29.6 Å². The first-order chi connectivity index (χ1) is 8.35. The van der Waals surface area contributed by atoms with Crippen molar-refractivity contribution in [1.82, 2.24) is 5.32 Å². The SMILES string of the molecule is CC(C)(CCO)CNC(=O)c1ccc(F)c(N)c1. The maximum absolute atomic E-state index is 13.0. The Balaban J connectivity index is 2.63. The van der Waals surface area contributed by atoms with Crippen molar-refractivity contribution < 1.29 is 14.3 Å². The van der Waals surface area contributed by atoms with E-state index in [0.717, 1.165) is 0 Å². The molecule has 1 aromatic carbocycles. The number of anilines is 1. The first-order valence-electron chi connectivity index (χ1n) is 5.80. The van der Waals surface area contributed by atoms with E-state index in [4.69, 9.17) is 10.8 Å². The number of nitrogen functional groups attached to an aromatic ring is 1. The fraction of sp³-hybridized carbons (Fsp3) is 0.462. The molecule has 0 aliphatic heterocycles. The topological polar surface area (TPSA) is 75.3 Å². The van der Waals surface area contributed by atoms with E-state index in [2.05, 4.69) is 5.32 Å². The summed E-state index contributed by atoms with van der Waals surface area (Å²) in [4.78, 5) is 11.8. The van der Waals surface area contributed by atoms with Crippen LogP contribution in [0.2, 0.25) is 0 Å². The van der Waals surface area contributed by atoms with E-state index in [1.54, 1.807) is 0 Å². The molecule has 4 nitrogen and oxygen atoms in total. The Morgan fingerprint density at radius 1 is 1.50 bits per heavy atom. The number of nitrogens with one attached hydrogen (secondary N) is 1. The van der Waals surface area contributed by atoms with Crippen LogP contribution in [-0.2, 0) is 0 Å². The second-order valence-electron chi connectivity index (χ2n) is 5.06. The van der Waals surface area contributed by atoms with E-state index in [9.17, 15) is 9.18 Å². The Labute approximate surface area is 106 Å². The van der Waals surface area contributed by atoms with Gasteiger partial charge in [-0.05, 0) is 30.0 Å². The molecule has 0 heterocycles. The highest BCUT2D eigenvalue weighted by molar-refractivity contribution is 5.95. The molecule has 0 aliphatic rings. The van der Waals surface area contributed by atoms with E-state index in [0.29, 0.717) is 18.5 Å². The smallest absolute Gasteiger partial charge is 0.251 e. The van der Waals surface area contributed by atoms with Crippen LogP contribution >= 0.6 is 0 Å². The molecule has 0 spiro atoms. The summed E-state index contributed by atoms with van der Waals surface area (Å²) in [6.45, 7) is 4.40. The minimum absolute atomic E-state index is 0.0442. The van der Waals surface area contributed by atoms with Crippen LogP contribution in [0, 0.1) is 11.2 Å². The van der Waals surface area contributed by atoms with Crippen molar-refractivity contribution in [2.24, 2.45) is 5.41 Å². The molecule has 5 heteroatoms. The number of rotatable bonds is 5. The van der Waals surface area contributed by atoms with Crippen LogP contribution in [0.3, 0.4) is 0 Å². The maximum Gasteiger partial charge on any atom is 0.251 e. The zero-order valence-corrected chi connectivity index (χ0v) is 10.7. The summed E-state index contributed by atoms with van der Waals surface area (Å²) in [6, 6.07) is 3.87. The summed E-state index contributed by atoms with van der Waals surface area (Å²) in [5, 5.41) is 11.6. The molecule has 100 valence electrons. The average molecular weight is 254 g/mol. The molecule has 0 bridgehead atoms. The van der Waals surface area contributed by atoms with Gasteiger partial charge in [-0.15, -0.1) is 0 Å². The van der Waals surface area contributed by atoms with Gasteiger partial charge in [0.05, 0.1) is 5.69 Å². The van der Waals surface area contributed by atoms with Crippen molar-refractivity contribution in [3.8, 4) is 0 Å². The van der Waals surface area contributed by atoms with Crippen molar-refractivity contribution >= 4 is 11.6 Å². The van der Waals surface area contributed by atoms with Gasteiger partial charge in [0.15, 0.2) is 0 Å². The lowest BCUT2D eigenvalue weighted by Crippen LogP contribution is -2.34. The van der Waals surface area contributed by atoms with Crippen LogP contribution in [-0.4, -0.2) is 24.2 Å². The zero-order valence-electron chi connectivity index (χ0n) is 10.7. The van der Waals surface area contributed by atoms with E-state index in [-0.39, 0.29) is 23.6 Å². The van der Waals surface area contributed by atoms with Crippen molar-refractivity contribution in [2.75, 3.05) is 18.9 Å². The molecule has 0 aliphatic carbocycles. The number of halogens is 1. The normalized spacial score (nSPS) is 11.3. The van der Waals surface area contributed by atoms with Gasteiger partial charge < -0.3 is 16.2 Å². The molecule has 0 saturated heterocycles. The summed E-state index contributed by atoms with van der Waals surface area (Å²) >= 11 is 0. The number of nitrogens with two attached hydrogens (primary N) is 1. The predicted octanol–water partition coefficient (Wildman–Crippen LogP) is 1.55. The molecule has 4 N–H and O–H groups in total. The number of hydrogen-bond donors (Lipinski definition) is 3. The molecule has 1 aromatic rings. The fourth-order valence-corrected chi connectivity index (χ4v) is 1.50. The number of carbonyl (C=O) groups is 1. The Hall–Kier alpha value is -1.62. The Bertz CT molecular complexity index is 433. The first-order valence-corrected chi connectivity index (χ1v) is 5.80. The summed E-state index contributed by atoms with van der Waals surface area (Å²) in [5.74, 6) is -0.833. The van der Waals surface area contributed by atoms with E-state index >= 15 is 0 Å². The van der Waals surface area contributed by atoms with E-state index < -0.39 is 5.82 Å². The minimum Gasteiger partial charge on any atom is -0.396 e. The van der Waals surface area contributed by atoms with E-state index in [1.165, 1.54) is 18.2 Å². The quantitative estimate of drug-likeness (QED) is 0.698. The molecule has 0 saturated carbocycles. The molecular weight excluding hydrogens is 235 g/mol. The largest absolute Gasteiger partial charge is 0.396 e. The second-order valence-corrected chi connectivity index (χ2v) is 5.06. The minimum atomic E-state index is -0.535. The third-order valence-corrected chi connectivity index (χ3v) is 2.77. The Morgan fingerprint density at radius 3 is 2.72 bits per heavy atom. The van der Waals surface area contributed by atoms with E-state index in [1.807, 2.05) is 13.8 Å². The van der Waals surface area contributed by atoms with Gasteiger partial charge in [0.25, 0.3) is 5.91 Å². The Kier molecular flexibility index (Phi) is 4.67. The van der Waals surface area contributed by atoms with Gasteiger partial charge in [0.2, 0.25) is 0 Å². The average Bonchev–Trinajstić information content (AvgIpc) is 2.30. The molecule has 1 amide bonds. The highest BCUT2D eigenvalue weighted by atomic mass is 19.1. The third kappa shape index (κ3) is 4.00. The predicted molar refractivity (Wildman–Crippen MR) is 68.6 cm³/mol. The molecule has 0 fully saturated rings. The van der Waals surface area contributed by atoms with Crippen molar-refractivity contribution in [2.45, 2.75) is 20.3 Å². The lowest BCUT2D eigenvalue weighted by molar-refractivity contribution is 0.0928. The van der Waals surface area contributed by atoms with Crippen molar-refractivity contribution in [1.29, 1.82) is 0 Å². The maximum atomic E-state index is 13.0. The number of aliphatic hydroxyl groups is 1. The molecule has 0 atom stereocenters. The standard InChI is InChI=1S/C13H19FN2O2/c1-13(2,5-6-17)8-16-12(18)9-3-4-10(14)11(15)7-9/h3-4,7,17H,5-6,8,15H2,1-2H3,(H,16,18). The number of carbonyl (C=O) groups excluding carboxylic acids is 1. The van der Waals surface area contributed by atoms with Gasteiger partial charge in [-0.25, -0.2) is 4.39 Å². The number of hydrogen-bond acceptors (Lipinski definition) is 3. The van der Waals surface area contributed by atoms with Gasteiger partial charge in [0, 0.05) is 18.7 Å². The molecule has 0 radical (unpaired) electrons. The highest BCUT2D eigenvalue weighted by Crippen LogP contribution is 2.18. The van der Waals surface area contributed by atoms with Gasteiger partial charge in [-0.3, -0.25) is 4.79 Å². The van der Waals surface area contributed by atoms with Crippen LogP contribution in [0.4, 0.5) is 10.1 Å². The first kappa shape index (κ1) is 14.4. The van der Waals surface area contributed by atoms with Gasteiger partial charge in [-0.2, -0.15) is 0 Å². The summed E-state index contributed by atoms with van der Waals surface area (Å²) in [5.41, 5.74) is 5.50.